The number of hydrogen-bond donors (Lipinski definition) is 2. The molecule has 1 saturated heterocycles. The summed E-state index contributed by atoms with van der Waals surface area (Å²) in [5.74, 6) is -0.307. The third-order valence-electron chi connectivity index (χ3n) is 3.55. The number of carbonyl (C=O) groups is 1. The van der Waals surface area contributed by atoms with E-state index in [1.54, 1.807) is 7.11 Å². The van der Waals surface area contributed by atoms with Crippen LogP contribution >= 0.6 is 0 Å². The minimum Gasteiger partial charge on any atom is -0.378 e. The minimum absolute atomic E-state index is 0.0379. The first kappa shape index (κ1) is 14.7. The number of ether oxygens (including phenoxy) is 1. The lowest BCUT2D eigenvalue weighted by atomic mass is 10.2. The highest BCUT2D eigenvalue weighted by Gasteiger charge is 2.35. The summed E-state index contributed by atoms with van der Waals surface area (Å²) in [4.78, 5) is 31.5. The van der Waals surface area contributed by atoms with E-state index in [2.05, 4.69) is 34.0 Å². The average molecular weight is 280 g/mol. The second-order valence-electron chi connectivity index (χ2n) is 5.20. The van der Waals surface area contributed by atoms with E-state index in [9.17, 15) is 9.59 Å². The number of H-pyrrole nitrogens is 1. The molecule has 2 N–H and O–H groups in total. The first-order valence-electron chi connectivity index (χ1n) is 6.63. The van der Waals surface area contributed by atoms with Crippen LogP contribution in [0.15, 0.2) is 17.2 Å². The van der Waals surface area contributed by atoms with Gasteiger partial charge >= 0.3 is 0 Å². The molecule has 0 saturated carbocycles. The van der Waals surface area contributed by atoms with E-state index in [-0.39, 0.29) is 29.3 Å². The molecule has 1 aromatic rings. The Morgan fingerprint density at radius 1 is 1.55 bits per heavy atom. The van der Waals surface area contributed by atoms with Crippen LogP contribution in [0.4, 0.5) is 0 Å². The van der Waals surface area contributed by atoms with Gasteiger partial charge in [0.05, 0.1) is 18.3 Å². The molecule has 7 nitrogen and oxygen atoms in total. The highest BCUT2D eigenvalue weighted by Crippen LogP contribution is 2.16. The number of likely N-dealkylation sites (tertiary alicyclic amines) is 1. The van der Waals surface area contributed by atoms with Crippen molar-refractivity contribution in [3.63, 3.8) is 0 Å². The van der Waals surface area contributed by atoms with Crippen molar-refractivity contribution < 1.29 is 9.53 Å². The number of nitrogens with zero attached hydrogens (tertiary/aromatic N) is 2. The Morgan fingerprint density at radius 2 is 2.30 bits per heavy atom. The summed E-state index contributed by atoms with van der Waals surface area (Å²) >= 11 is 0. The second-order valence-corrected chi connectivity index (χ2v) is 5.20. The molecule has 0 aromatic carbocycles. The van der Waals surface area contributed by atoms with Gasteiger partial charge in [-0.25, -0.2) is 4.98 Å². The van der Waals surface area contributed by atoms with Gasteiger partial charge in [-0.3, -0.25) is 14.5 Å². The average Bonchev–Trinajstić information content (AvgIpc) is 2.82. The molecule has 1 fully saturated rings. The molecule has 1 amide bonds. The van der Waals surface area contributed by atoms with Crippen molar-refractivity contribution >= 4 is 5.91 Å². The van der Waals surface area contributed by atoms with Gasteiger partial charge in [-0.15, -0.1) is 0 Å². The van der Waals surface area contributed by atoms with Crippen molar-refractivity contribution in [2.24, 2.45) is 0 Å². The molecule has 7 heteroatoms. The quantitative estimate of drug-likeness (QED) is 0.784. The van der Waals surface area contributed by atoms with Crippen molar-refractivity contribution in [2.75, 3.05) is 20.2 Å². The number of amides is 1. The highest BCUT2D eigenvalue weighted by atomic mass is 16.5. The molecule has 1 aliphatic rings. The Bertz CT molecular complexity index is 508. The topological polar surface area (TPSA) is 87.3 Å². The second kappa shape index (κ2) is 6.15. The molecule has 2 rings (SSSR count). The highest BCUT2D eigenvalue weighted by molar-refractivity contribution is 5.92. The first-order chi connectivity index (χ1) is 9.51. The lowest BCUT2D eigenvalue weighted by Crippen LogP contribution is -2.44. The van der Waals surface area contributed by atoms with Gasteiger partial charge in [0.1, 0.15) is 5.69 Å². The summed E-state index contributed by atoms with van der Waals surface area (Å²) in [6.45, 7) is 5.75. The van der Waals surface area contributed by atoms with Gasteiger partial charge in [-0.05, 0) is 13.8 Å². The van der Waals surface area contributed by atoms with Crippen LogP contribution < -0.4 is 10.9 Å². The van der Waals surface area contributed by atoms with Gasteiger partial charge in [0.25, 0.3) is 11.5 Å². The number of methoxy groups -OCH3 is 1. The predicted molar refractivity (Wildman–Crippen MR) is 73.6 cm³/mol. The first-order valence-corrected chi connectivity index (χ1v) is 6.63. The monoisotopic (exact) mass is 280 g/mol. The van der Waals surface area contributed by atoms with E-state index in [0.29, 0.717) is 6.04 Å². The van der Waals surface area contributed by atoms with E-state index in [0.717, 1.165) is 19.3 Å². The van der Waals surface area contributed by atoms with Crippen molar-refractivity contribution in [1.29, 1.82) is 0 Å². The third-order valence-corrected chi connectivity index (χ3v) is 3.55. The molecule has 1 aromatic heterocycles. The van der Waals surface area contributed by atoms with Crippen LogP contribution in [-0.2, 0) is 4.74 Å². The van der Waals surface area contributed by atoms with Crippen LogP contribution in [-0.4, -0.2) is 59.2 Å². The number of carbonyl (C=O) groups excluding carboxylic acids is 1. The van der Waals surface area contributed by atoms with E-state index >= 15 is 0 Å². The Kier molecular flexibility index (Phi) is 4.51. The van der Waals surface area contributed by atoms with Crippen molar-refractivity contribution in [2.45, 2.75) is 32.0 Å². The maximum atomic E-state index is 12.1. The molecular weight excluding hydrogens is 260 g/mol. The fraction of sp³-hybridized carbons (Fsp3) is 0.615. The molecule has 0 unspecified atom stereocenters. The molecule has 20 heavy (non-hydrogen) atoms. The summed E-state index contributed by atoms with van der Waals surface area (Å²) in [5.41, 5.74) is -0.134. The molecule has 0 radical (unpaired) electrons. The molecule has 2 heterocycles. The van der Waals surface area contributed by atoms with Crippen LogP contribution in [0.3, 0.4) is 0 Å². The van der Waals surface area contributed by atoms with E-state index in [1.165, 1.54) is 6.20 Å². The third kappa shape index (κ3) is 3.23. The summed E-state index contributed by atoms with van der Waals surface area (Å²) < 4.78 is 5.43. The Balaban J connectivity index is 2.03. The molecule has 2 atom stereocenters. The molecule has 1 aliphatic heterocycles. The summed E-state index contributed by atoms with van der Waals surface area (Å²) in [6.07, 6.45) is 2.37. The van der Waals surface area contributed by atoms with Crippen LogP contribution in [0.2, 0.25) is 0 Å². The predicted octanol–water partition coefficient (Wildman–Crippen LogP) is -0.393. The number of rotatable bonds is 4. The maximum absolute atomic E-state index is 12.1. The standard InChI is InChI=1S/C13H20N4O3/c1-8(2)17-6-10(11(7-17)20-3)16-13(19)9-4-15-12(18)5-14-9/h4-5,8,10-11H,6-7H2,1-3H3,(H,15,18)(H,16,19)/t10-,11-/m0/s1. The Hall–Kier alpha value is -1.73. The zero-order valence-corrected chi connectivity index (χ0v) is 11.9. The number of aromatic amines is 1. The van der Waals surface area contributed by atoms with Crippen molar-refractivity contribution in [3.8, 4) is 0 Å². The van der Waals surface area contributed by atoms with Crippen LogP contribution in [0.1, 0.15) is 24.3 Å². The SMILES string of the molecule is CO[C@H]1CN(C(C)C)C[C@@H]1NC(=O)c1c[nH]c(=O)cn1. The van der Waals surface area contributed by atoms with Crippen molar-refractivity contribution in [3.05, 3.63) is 28.4 Å². The van der Waals surface area contributed by atoms with Gasteiger partial charge in [-0.1, -0.05) is 0 Å². The Morgan fingerprint density at radius 3 is 2.85 bits per heavy atom. The normalized spacial score (nSPS) is 23.2. The van der Waals surface area contributed by atoms with E-state index < -0.39 is 0 Å². The lowest BCUT2D eigenvalue weighted by Gasteiger charge is -2.19. The molecule has 110 valence electrons. The smallest absolute Gasteiger partial charge is 0.271 e. The zero-order valence-electron chi connectivity index (χ0n) is 11.9. The van der Waals surface area contributed by atoms with Crippen LogP contribution in [0.25, 0.3) is 0 Å². The van der Waals surface area contributed by atoms with Crippen molar-refractivity contribution in [1.82, 2.24) is 20.2 Å². The minimum atomic E-state index is -0.330. The molecule has 0 spiro atoms. The molecule has 0 bridgehead atoms. The van der Waals surface area contributed by atoms with Gasteiger partial charge in [-0.2, -0.15) is 0 Å². The van der Waals surface area contributed by atoms with Gasteiger partial charge in [0.15, 0.2) is 0 Å². The summed E-state index contributed by atoms with van der Waals surface area (Å²) in [6, 6.07) is 0.324. The molecular formula is C13H20N4O3. The van der Waals surface area contributed by atoms with Gasteiger partial charge in [0.2, 0.25) is 0 Å². The number of hydrogen-bond acceptors (Lipinski definition) is 5. The molecule has 0 aliphatic carbocycles. The Labute approximate surface area is 117 Å². The van der Waals surface area contributed by atoms with E-state index in [1.807, 2.05) is 0 Å². The van der Waals surface area contributed by atoms with Gasteiger partial charge in [0, 0.05) is 32.4 Å². The van der Waals surface area contributed by atoms with E-state index in [4.69, 9.17) is 4.74 Å². The maximum Gasteiger partial charge on any atom is 0.271 e. The number of aromatic nitrogens is 2. The van der Waals surface area contributed by atoms with Crippen LogP contribution in [0, 0.1) is 0 Å². The fourth-order valence-corrected chi connectivity index (χ4v) is 2.31. The van der Waals surface area contributed by atoms with Crippen LogP contribution in [0.5, 0.6) is 0 Å². The fourth-order valence-electron chi connectivity index (χ4n) is 2.31. The zero-order chi connectivity index (χ0) is 14.7. The number of nitrogens with one attached hydrogen (secondary N) is 2. The van der Waals surface area contributed by atoms with Gasteiger partial charge < -0.3 is 15.0 Å². The summed E-state index contributed by atoms with van der Waals surface area (Å²) in [5, 5.41) is 2.91. The lowest BCUT2D eigenvalue weighted by molar-refractivity contribution is 0.0750. The summed E-state index contributed by atoms with van der Waals surface area (Å²) in [7, 11) is 1.64. The largest absolute Gasteiger partial charge is 0.378 e.